The first-order valence-electron chi connectivity index (χ1n) is 6.07. The third-order valence-electron chi connectivity index (χ3n) is 2.67. The molecule has 0 aliphatic carbocycles. The quantitative estimate of drug-likeness (QED) is 0.922. The molecule has 0 aromatic carbocycles. The molecular weight excluding hydrogens is 242 g/mol. The van der Waals surface area contributed by atoms with Gasteiger partial charge in [-0.1, -0.05) is 20.8 Å². The molecule has 0 spiro atoms. The second-order valence-electron chi connectivity index (χ2n) is 5.31. The van der Waals surface area contributed by atoms with Crippen LogP contribution in [-0.2, 0) is 12.0 Å². The first kappa shape index (κ1) is 13.2. The molecule has 2 rings (SSSR count). The third kappa shape index (κ3) is 2.76. The topological polar surface area (TPSA) is 37.8 Å². The highest BCUT2D eigenvalue weighted by Crippen LogP contribution is 2.34. The van der Waals surface area contributed by atoms with Gasteiger partial charge < -0.3 is 5.32 Å². The lowest BCUT2D eigenvalue weighted by Crippen LogP contribution is -2.16. The van der Waals surface area contributed by atoms with Crippen LogP contribution in [0.15, 0.2) is 24.5 Å². The summed E-state index contributed by atoms with van der Waals surface area (Å²) in [6.45, 7) is 7.49. The highest BCUT2D eigenvalue weighted by atomic mass is 32.1. The van der Waals surface area contributed by atoms with E-state index in [1.165, 1.54) is 10.6 Å². The summed E-state index contributed by atoms with van der Waals surface area (Å²) in [5.41, 5.74) is 2.41. The molecule has 0 aliphatic heterocycles. The molecule has 18 heavy (non-hydrogen) atoms. The normalized spacial score (nSPS) is 11.8. The summed E-state index contributed by atoms with van der Waals surface area (Å²) in [7, 11) is 1.97. The molecule has 4 heteroatoms. The predicted octanol–water partition coefficient (Wildman–Crippen LogP) is 3.22. The van der Waals surface area contributed by atoms with Gasteiger partial charge in [0.15, 0.2) is 0 Å². The highest BCUT2D eigenvalue weighted by molar-refractivity contribution is 7.15. The molecule has 96 valence electrons. The SMILES string of the molecule is CNCc1sc(-c2ccncc2)nc1C(C)(C)C. The van der Waals surface area contributed by atoms with Crippen molar-refractivity contribution >= 4 is 11.3 Å². The maximum Gasteiger partial charge on any atom is 0.124 e. The van der Waals surface area contributed by atoms with E-state index in [1.807, 2.05) is 31.6 Å². The van der Waals surface area contributed by atoms with E-state index in [-0.39, 0.29) is 5.41 Å². The zero-order valence-corrected chi connectivity index (χ0v) is 12.1. The molecule has 0 atom stereocenters. The number of rotatable bonds is 3. The van der Waals surface area contributed by atoms with E-state index in [4.69, 9.17) is 4.98 Å². The van der Waals surface area contributed by atoms with E-state index in [0.717, 1.165) is 17.1 Å². The number of thiazole rings is 1. The number of pyridine rings is 1. The fraction of sp³-hybridized carbons (Fsp3) is 0.429. The van der Waals surface area contributed by atoms with Gasteiger partial charge in [0.1, 0.15) is 5.01 Å². The van der Waals surface area contributed by atoms with Gasteiger partial charge in [0.05, 0.1) is 5.69 Å². The zero-order chi connectivity index (χ0) is 13.2. The molecular formula is C14H19N3S. The van der Waals surface area contributed by atoms with Crippen LogP contribution in [0.2, 0.25) is 0 Å². The summed E-state index contributed by atoms with van der Waals surface area (Å²) < 4.78 is 0. The number of aromatic nitrogens is 2. The maximum atomic E-state index is 4.82. The second-order valence-corrected chi connectivity index (χ2v) is 6.39. The van der Waals surface area contributed by atoms with Gasteiger partial charge in [-0.2, -0.15) is 0 Å². The predicted molar refractivity (Wildman–Crippen MR) is 76.8 cm³/mol. The minimum atomic E-state index is 0.0773. The van der Waals surface area contributed by atoms with Crippen LogP contribution < -0.4 is 5.32 Å². The van der Waals surface area contributed by atoms with Crippen molar-refractivity contribution in [3.8, 4) is 10.6 Å². The van der Waals surface area contributed by atoms with Crippen LogP contribution in [0.5, 0.6) is 0 Å². The van der Waals surface area contributed by atoms with Crippen molar-refractivity contribution in [1.29, 1.82) is 0 Å². The Bertz CT molecular complexity index is 512. The van der Waals surface area contributed by atoms with Crippen molar-refractivity contribution < 1.29 is 0 Å². The summed E-state index contributed by atoms with van der Waals surface area (Å²) in [6, 6.07) is 4.02. The van der Waals surface area contributed by atoms with Gasteiger partial charge in [-0.3, -0.25) is 4.98 Å². The minimum Gasteiger partial charge on any atom is -0.315 e. The molecule has 3 nitrogen and oxygen atoms in total. The van der Waals surface area contributed by atoms with Crippen molar-refractivity contribution in [3.63, 3.8) is 0 Å². The van der Waals surface area contributed by atoms with Crippen LogP contribution in [0, 0.1) is 0 Å². The van der Waals surface area contributed by atoms with Crippen molar-refractivity contribution in [3.05, 3.63) is 35.1 Å². The molecule has 0 amide bonds. The number of nitrogens with zero attached hydrogens (tertiary/aromatic N) is 2. The molecule has 0 fully saturated rings. The highest BCUT2D eigenvalue weighted by Gasteiger charge is 2.23. The average Bonchev–Trinajstić information content (AvgIpc) is 2.75. The summed E-state index contributed by atoms with van der Waals surface area (Å²) in [5, 5.41) is 4.30. The lowest BCUT2D eigenvalue weighted by atomic mass is 9.91. The third-order valence-corrected chi connectivity index (χ3v) is 3.78. The van der Waals surface area contributed by atoms with Crippen LogP contribution in [0.4, 0.5) is 0 Å². The first-order chi connectivity index (χ1) is 8.52. The van der Waals surface area contributed by atoms with Gasteiger partial charge in [-0.05, 0) is 19.2 Å². The average molecular weight is 261 g/mol. The molecule has 2 aromatic heterocycles. The summed E-state index contributed by atoms with van der Waals surface area (Å²) in [6.07, 6.45) is 3.62. The molecule has 0 aliphatic rings. The summed E-state index contributed by atoms with van der Waals surface area (Å²) in [4.78, 5) is 10.2. The molecule has 2 aromatic rings. The first-order valence-corrected chi connectivity index (χ1v) is 6.89. The Labute approximate surface area is 112 Å². The van der Waals surface area contributed by atoms with Crippen molar-refractivity contribution in [2.45, 2.75) is 32.7 Å². The zero-order valence-electron chi connectivity index (χ0n) is 11.3. The fourth-order valence-corrected chi connectivity index (χ4v) is 3.13. The molecule has 2 heterocycles. The number of nitrogens with one attached hydrogen (secondary N) is 1. The van der Waals surface area contributed by atoms with E-state index < -0.39 is 0 Å². The Hall–Kier alpha value is -1.26. The molecule has 0 bridgehead atoms. The Kier molecular flexibility index (Phi) is 3.78. The van der Waals surface area contributed by atoms with Crippen molar-refractivity contribution in [1.82, 2.24) is 15.3 Å². The molecule has 0 saturated heterocycles. The minimum absolute atomic E-state index is 0.0773. The van der Waals surface area contributed by atoms with Gasteiger partial charge in [-0.15, -0.1) is 11.3 Å². The van der Waals surface area contributed by atoms with Crippen LogP contribution in [0.3, 0.4) is 0 Å². The molecule has 0 radical (unpaired) electrons. The van der Waals surface area contributed by atoms with E-state index in [0.29, 0.717) is 0 Å². The van der Waals surface area contributed by atoms with Gasteiger partial charge >= 0.3 is 0 Å². The molecule has 0 saturated carbocycles. The summed E-state index contributed by atoms with van der Waals surface area (Å²) >= 11 is 1.76. The maximum absolute atomic E-state index is 4.82. The lowest BCUT2D eigenvalue weighted by molar-refractivity contribution is 0.563. The van der Waals surface area contributed by atoms with Crippen LogP contribution in [-0.4, -0.2) is 17.0 Å². The molecule has 1 N–H and O–H groups in total. The van der Waals surface area contributed by atoms with Crippen LogP contribution >= 0.6 is 11.3 Å². The van der Waals surface area contributed by atoms with Gasteiger partial charge in [-0.25, -0.2) is 4.98 Å². The monoisotopic (exact) mass is 261 g/mol. The number of hydrogen-bond acceptors (Lipinski definition) is 4. The van der Waals surface area contributed by atoms with Crippen molar-refractivity contribution in [2.24, 2.45) is 0 Å². The van der Waals surface area contributed by atoms with Crippen molar-refractivity contribution in [2.75, 3.05) is 7.05 Å². The lowest BCUT2D eigenvalue weighted by Gasteiger charge is -2.17. The molecule has 0 unspecified atom stereocenters. The Morgan fingerprint density at radius 2 is 1.89 bits per heavy atom. The second kappa shape index (κ2) is 5.16. The van der Waals surface area contributed by atoms with Gasteiger partial charge in [0.25, 0.3) is 0 Å². The van der Waals surface area contributed by atoms with E-state index in [2.05, 4.69) is 31.1 Å². The van der Waals surface area contributed by atoms with E-state index in [1.54, 1.807) is 11.3 Å². The van der Waals surface area contributed by atoms with E-state index in [9.17, 15) is 0 Å². The summed E-state index contributed by atoms with van der Waals surface area (Å²) in [5.74, 6) is 0. The van der Waals surface area contributed by atoms with Gasteiger partial charge in [0.2, 0.25) is 0 Å². The Morgan fingerprint density at radius 1 is 1.22 bits per heavy atom. The Morgan fingerprint density at radius 3 is 2.44 bits per heavy atom. The largest absolute Gasteiger partial charge is 0.315 e. The Balaban J connectivity index is 2.46. The fourth-order valence-electron chi connectivity index (χ4n) is 1.84. The van der Waals surface area contributed by atoms with Gasteiger partial charge in [0, 0.05) is 34.8 Å². The van der Waals surface area contributed by atoms with E-state index >= 15 is 0 Å². The standard InChI is InChI=1S/C14H19N3S/c1-14(2,3)12-11(9-15-4)18-13(17-12)10-5-7-16-8-6-10/h5-8,15H,9H2,1-4H3. The smallest absolute Gasteiger partial charge is 0.124 e. The van der Waals surface area contributed by atoms with Crippen LogP contribution in [0.25, 0.3) is 10.6 Å². The number of hydrogen-bond donors (Lipinski definition) is 1. The van der Waals surface area contributed by atoms with Crippen LogP contribution in [0.1, 0.15) is 31.3 Å².